The van der Waals surface area contributed by atoms with Gasteiger partial charge < -0.3 is 0 Å². The molecule has 10 heteroatoms. The summed E-state index contributed by atoms with van der Waals surface area (Å²) in [6.45, 7) is 4.73. The zero-order valence-corrected chi connectivity index (χ0v) is 14.0. The minimum Gasteiger partial charge on any atom is -0.258 e. The lowest BCUT2D eigenvalue weighted by Crippen LogP contribution is -2.45. The van der Waals surface area contributed by atoms with Crippen molar-refractivity contribution in [2.45, 2.75) is 22.8 Å². The van der Waals surface area contributed by atoms with Crippen molar-refractivity contribution in [3.63, 3.8) is 0 Å². The van der Waals surface area contributed by atoms with Gasteiger partial charge in [0.15, 0.2) is 4.34 Å². The van der Waals surface area contributed by atoms with Gasteiger partial charge in [-0.05, 0) is 13.8 Å². The summed E-state index contributed by atoms with van der Waals surface area (Å²) in [5, 5.41) is 10.8. The van der Waals surface area contributed by atoms with Crippen molar-refractivity contribution in [2.75, 3.05) is 18.8 Å². The largest absolute Gasteiger partial charge is 0.300 e. The summed E-state index contributed by atoms with van der Waals surface area (Å²) in [4.78, 5) is 10.1. The Bertz CT molecular complexity index is 641. The molecule has 0 N–H and O–H groups in total. The highest BCUT2D eigenvalue weighted by molar-refractivity contribution is 8.00. The molecule has 20 heavy (non-hydrogen) atoms. The van der Waals surface area contributed by atoms with Crippen LogP contribution in [0.25, 0.3) is 0 Å². The Morgan fingerprint density at radius 2 is 2.15 bits per heavy atom. The highest BCUT2D eigenvalue weighted by atomic mass is 35.5. The van der Waals surface area contributed by atoms with E-state index >= 15 is 0 Å². The fourth-order valence-electron chi connectivity index (χ4n) is 1.90. The summed E-state index contributed by atoms with van der Waals surface area (Å²) in [5.41, 5.74) is -0.360. The monoisotopic (exact) mass is 356 g/mol. The number of thioether (sulfide) groups is 1. The maximum Gasteiger partial charge on any atom is 0.300 e. The van der Waals surface area contributed by atoms with E-state index in [1.54, 1.807) is 11.8 Å². The average Bonchev–Trinajstić information content (AvgIpc) is 2.70. The van der Waals surface area contributed by atoms with E-state index < -0.39 is 14.9 Å². The molecular formula is C10H13ClN2O4S3. The molecule has 0 bridgehead atoms. The van der Waals surface area contributed by atoms with E-state index in [1.165, 1.54) is 4.31 Å². The van der Waals surface area contributed by atoms with E-state index in [0.29, 0.717) is 18.8 Å². The number of nitrogens with zero attached hydrogens (tertiary/aromatic N) is 2. The van der Waals surface area contributed by atoms with Crippen LogP contribution in [0.3, 0.4) is 0 Å². The molecule has 6 nitrogen and oxygen atoms in total. The third kappa shape index (κ3) is 3.11. The predicted molar refractivity (Wildman–Crippen MR) is 81.3 cm³/mol. The van der Waals surface area contributed by atoms with Crippen LogP contribution in [0.2, 0.25) is 4.34 Å². The Kier molecular flexibility index (Phi) is 4.37. The molecule has 0 amide bonds. The van der Waals surface area contributed by atoms with Crippen molar-refractivity contribution in [2.24, 2.45) is 0 Å². The number of hydrogen-bond acceptors (Lipinski definition) is 6. The molecule has 1 aromatic rings. The highest BCUT2D eigenvalue weighted by Crippen LogP contribution is 2.39. The summed E-state index contributed by atoms with van der Waals surface area (Å²) in [7, 11) is -3.72. The molecule has 112 valence electrons. The Morgan fingerprint density at radius 3 is 2.65 bits per heavy atom. The van der Waals surface area contributed by atoms with Gasteiger partial charge in [-0.2, -0.15) is 16.1 Å². The molecule has 2 rings (SSSR count). The smallest absolute Gasteiger partial charge is 0.258 e. The van der Waals surface area contributed by atoms with Crippen LogP contribution < -0.4 is 0 Å². The first-order valence-electron chi connectivity index (χ1n) is 5.71. The van der Waals surface area contributed by atoms with Crippen LogP contribution in [0, 0.1) is 10.1 Å². The highest BCUT2D eigenvalue weighted by Gasteiger charge is 2.36. The minimum atomic E-state index is -3.72. The van der Waals surface area contributed by atoms with Crippen molar-refractivity contribution >= 4 is 50.4 Å². The molecule has 1 saturated heterocycles. The summed E-state index contributed by atoms with van der Waals surface area (Å²) >= 11 is 8.17. The Hall–Kier alpha value is -0.350. The molecule has 0 spiro atoms. The number of nitro groups is 1. The number of halogens is 1. The zero-order chi connectivity index (χ0) is 15.1. The van der Waals surface area contributed by atoms with Crippen LogP contribution in [-0.4, -0.2) is 41.2 Å². The third-order valence-electron chi connectivity index (χ3n) is 2.83. The summed E-state index contributed by atoms with van der Waals surface area (Å²) in [6, 6.07) is 1.04. The van der Waals surface area contributed by atoms with Crippen LogP contribution >= 0.6 is 34.7 Å². The van der Waals surface area contributed by atoms with Gasteiger partial charge >= 0.3 is 0 Å². The molecule has 1 aliphatic heterocycles. The molecule has 0 radical (unpaired) electrons. The third-order valence-corrected chi connectivity index (χ3v) is 7.76. The molecular weight excluding hydrogens is 344 g/mol. The van der Waals surface area contributed by atoms with Gasteiger partial charge in [-0.15, -0.1) is 11.3 Å². The molecule has 0 atom stereocenters. The van der Waals surface area contributed by atoms with Gasteiger partial charge in [-0.1, -0.05) is 11.6 Å². The molecule has 2 heterocycles. The zero-order valence-electron chi connectivity index (χ0n) is 10.8. The van der Waals surface area contributed by atoms with Crippen molar-refractivity contribution in [1.29, 1.82) is 0 Å². The average molecular weight is 357 g/mol. The van der Waals surface area contributed by atoms with Gasteiger partial charge in [-0.3, -0.25) is 10.1 Å². The van der Waals surface area contributed by atoms with Gasteiger partial charge in [-0.25, -0.2) is 8.42 Å². The lowest BCUT2D eigenvalue weighted by atomic mass is 10.2. The van der Waals surface area contributed by atoms with Crippen LogP contribution in [0.15, 0.2) is 10.3 Å². The Morgan fingerprint density at radius 1 is 1.50 bits per heavy atom. The van der Waals surface area contributed by atoms with Gasteiger partial charge in [0.05, 0.1) is 4.92 Å². The second-order valence-electron chi connectivity index (χ2n) is 4.93. The van der Waals surface area contributed by atoms with Crippen LogP contribution in [0.1, 0.15) is 13.8 Å². The van der Waals surface area contributed by atoms with E-state index in [9.17, 15) is 18.5 Å². The maximum atomic E-state index is 12.5. The molecule has 1 aliphatic rings. The van der Waals surface area contributed by atoms with Crippen molar-refractivity contribution in [3.05, 3.63) is 20.5 Å². The van der Waals surface area contributed by atoms with Crippen LogP contribution in [0.5, 0.6) is 0 Å². The Labute approximate surface area is 130 Å². The molecule has 0 saturated carbocycles. The number of thiophene rings is 1. The van der Waals surface area contributed by atoms with Gasteiger partial charge in [0.25, 0.3) is 15.7 Å². The summed E-state index contributed by atoms with van der Waals surface area (Å²) < 4.78 is 26.0. The number of hydrogen-bond donors (Lipinski definition) is 0. The maximum absolute atomic E-state index is 12.5. The van der Waals surface area contributed by atoms with E-state index in [1.807, 2.05) is 13.8 Å². The van der Waals surface area contributed by atoms with E-state index in [0.717, 1.165) is 17.4 Å². The predicted octanol–water partition coefficient (Wildman–Crippen LogP) is 2.83. The van der Waals surface area contributed by atoms with Crippen molar-refractivity contribution in [1.82, 2.24) is 4.31 Å². The van der Waals surface area contributed by atoms with E-state index in [2.05, 4.69) is 0 Å². The molecule has 0 aliphatic carbocycles. The molecule has 0 unspecified atom stereocenters. The number of rotatable bonds is 3. The van der Waals surface area contributed by atoms with Crippen molar-refractivity contribution < 1.29 is 13.3 Å². The second-order valence-corrected chi connectivity index (χ2v) is 10.5. The van der Waals surface area contributed by atoms with E-state index in [4.69, 9.17) is 11.6 Å². The molecule has 1 aromatic heterocycles. The fourth-order valence-corrected chi connectivity index (χ4v) is 6.63. The first-order chi connectivity index (χ1) is 9.13. The fraction of sp³-hybridized carbons (Fsp3) is 0.600. The summed E-state index contributed by atoms with van der Waals surface area (Å²) in [6.07, 6.45) is 0. The van der Waals surface area contributed by atoms with Crippen LogP contribution in [-0.2, 0) is 10.0 Å². The van der Waals surface area contributed by atoms with Gasteiger partial charge in [0.2, 0.25) is 0 Å². The quantitative estimate of drug-likeness (QED) is 0.614. The molecule has 0 aromatic carbocycles. The first kappa shape index (κ1) is 16.0. The lowest BCUT2D eigenvalue weighted by molar-refractivity contribution is -0.384. The SMILES string of the molecule is CC1(C)CN(S(=O)(=O)c2cc([N+](=O)[O-])c(Cl)s2)CCS1. The first-order valence-corrected chi connectivity index (χ1v) is 9.33. The minimum absolute atomic E-state index is 0.0723. The number of sulfonamides is 1. The standard InChI is InChI=1S/C10H13ClN2O4S3/c1-10(2)6-12(3-4-18-10)20(16,17)8-5-7(13(14)15)9(11)19-8/h5H,3-4,6H2,1-2H3. The van der Waals surface area contributed by atoms with Crippen molar-refractivity contribution in [3.8, 4) is 0 Å². The second kappa shape index (κ2) is 5.45. The lowest BCUT2D eigenvalue weighted by Gasteiger charge is -2.36. The van der Waals surface area contributed by atoms with Gasteiger partial charge in [0.1, 0.15) is 4.21 Å². The normalized spacial score (nSPS) is 19.9. The Balaban J connectivity index is 2.35. The summed E-state index contributed by atoms with van der Waals surface area (Å²) in [5.74, 6) is 0.702. The van der Waals surface area contributed by atoms with Gasteiger partial charge in [0, 0.05) is 29.7 Å². The topological polar surface area (TPSA) is 80.5 Å². The molecule has 1 fully saturated rings. The van der Waals surface area contributed by atoms with Crippen LogP contribution in [0.4, 0.5) is 5.69 Å². The van der Waals surface area contributed by atoms with E-state index in [-0.39, 0.29) is 19.0 Å².